The van der Waals surface area contributed by atoms with Crippen molar-refractivity contribution in [2.75, 3.05) is 24.2 Å². The zero-order valence-electron chi connectivity index (χ0n) is 14.6. The molecule has 1 aromatic heterocycles. The first-order chi connectivity index (χ1) is 13.1. The SMILES string of the molecule is O=C1CSc2ccc(C(=O)N3CCC(NC(=O)c4ccsc4)CC3)cc2N1. The maximum atomic E-state index is 12.8. The first-order valence-electron chi connectivity index (χ1n) is 8.79. The molecule has 3 amide bonds. The number of anilines is 1. The van der Waals surface area contributed by atoms with Crippen LogP contribution in [0.1, 0.15) is 33.6 Å². The largest absolute Gasteiger partial charge is 0.349 e. The molecule has 2 aliphatic rings. The van der Waals surface area contributed by atoms with Crippen molar-refractivity contribution in [2.45, 2.75) is 23.8 Å². The maximum absolute atomic E-state index is 12.8. The minimum atomic E-state index is -0.0519. The molecule has 0 spiro atoms. The number of thioether (sulfide) groups is 1. The fourth-order valence-corrected chi connectivity index (χ4v) is 4.71. The molecule has 0 bridgehead atoms. The number of likely N-dealkylation sites (tertiary alicyclic amines) is 1. The van der Waals surface area contributed by atoms with E-state index in [4.69, 9.17) is 0 Å². The highest BCUT2D eigenvalue weighted by Gasteiger charge is 2.26. The van der Waals surface area contributed by atoms with E-state index in [1.807, 2.05) is 33.9 Å². The van der Waals surface area contributed by atoms with Crippen molar-refractivity contribution in [3.05, 3.63) is 46.2 Å². The number of rotatable bonds is 3. The summed E-state index contributed by atoms with van der Waals surface area (Å²) in [5.74, 6) is 0.277. The van der Waals surface area contributed by atoms with Crippen molar-refractivity contribution >= 4 is 46.5 Å². The number of carbonyl (C=O) groups is 3. The molecule has 4 rings (SSSR count). The molecule has 2 aromatic rings. The van der Waals surface area contributed by atoms with Gasteiger partial charge in [-0.1, -0.05) is 0 Å². The van der Waals surface area contributed by atoms with Gasteiger partial charge in [-0.05, 0) is 42.5 Å². The summed E-state index contributed by atoms with van der Waals surface area (Å²) in [4.78, 5) is 39.3. The average molecular weight is 402 g/mol. The van der Waals surface area contributed by atoms with Crippen LogP contribution in [0.2, 0.25) is 0 Å². The zero-order chi connectivity index (χ0) is 18.8. The molecule has 8 heteroatoms. The molecule has 0 radical (unpaired) electrons. The summed E-state index contributed by atoms with van der Waals surface area (Å²) in [6.45, 7) is 1.21. The van der Waals surface area contributed by atoms with Gasteiger partial charge in [-0.2, -0.15) is 11.3 Å². The molecule has 27 heavy (non-hydrogen) atoms. The van der Waals surface area contributed by atoms with Crippen LogP contribution in [0.25, 0.3) is 0 Å². The molecular formula is C19H19N3O3S2. The Morgan fingerprint density at radius 1 is 1.15 bits per heavy atom. The van der Waals surface area contributed by atoms with Crippen LogP contribution in [-0.2, 0) is 4.79 Å². The highest BCUT2D eigenvalue weighted by atomic mass is 32.2. The molecular weight excluding hydrogens is 382 g/mol. The summed E-state index contributed by atoms with van der Waals surface area (Å²) in [7, 11) is 0. The van der Waals surface area contributed by atoms with Crippen LogP contribution in [0.15, 0.2) is 39.9 Å². The van der Waals surface area contributed by atoms with Crippen molar-refractivity contribution in [2.24, 2.45) is 0 Å². The Kier molecular flexibility index (Phi) is 5.18. The Bertz CT molecular complexity index is 874. The summed E-state index contributed by atoms with van der Waals surface area (Å²) < 4.78 is 0. The predicted octanol–water partition coefficient (Wildman–Crippen LogP) is 2.83. The van der Waals surface area contributed by atoms with Gasteiger partial charge in [0.1, 0.15) is 0 Å². The second-order valence-corrected chi connectivity index (χ2v) is 8.40. The molecule has 1 aromatic carbocycles. The van der Waals surface area contributed by atoms with E-state index in [9.17, 15) is 14.4 Å². The second kappa shape index (κ2) is 7.74. The number of fused-ring (bicyclic) bond motifs is 1. The highest BCUT2D eigenvalue weighted by Crippen LogP contribution is 2.32. The molecule has 1 fully saturated rings. The van der Waals surface area contributed by atoms with Crippen molar-refractivity contribution in [3.63, 3.8) is 0 Å². The molecule has 3 heterocycles. The quantitative estimate of drug-likeness (QED) is 0.829. The van der Waals surface area contributed by atoms with Gasteiger partial charge < -0.3 is 15.5 Å². The number of nitrogens with zero attached hydrogens (tertiary/aromatic N) is 1. The van der Waals surface area contributed by atoms with E-state index in [0.29, 0.717) is 35.7 Å². The minimum Gasteiger partial charge on any atom is -0.349 e. The Morgan fingerprint density at radius 3 is 2.70 bits per heavy atom. The Morgan fingerprint density at radius 2 is 1.96 bits per heavy atom. The van der Waals surface area contributed by atoms with E-state index in [1.54, 1.807) is 6.07 Å². The van der Waals surface area contributed by atoms with Crippen LogP contribution >= 0.6 is 23.1 Å². The molecule has 0 saturated carbocycles. The minimum absolute atomic E-state index is 0.0368. The lowest BCUT2D eigenvalue weighted by atomic mass is 10.0. The summed E-state index contributed by atoms with van der Waals surface area (Å²) in [6.07, 6.45) is 1.47. The number of thiophene rings is 1. The number of nitrogens with one attached hydrogen (secondary N) is 2. The monoisotopic (exact) mass is 401 g/mol. The number of piperidine rings is 1. The Hall–Kier alpha value is -2.32. The number of amides is 3. The molecule has 1 saturated heterocycles. The average Bonchev–Trinajstić information content (AvgIpc) is 3.22. The van der Waals surface area contributed by atoms with Crippen molar-refractivity contribution < 1.29 is 14.4 Å². The third-order valence-corrected chi connectivity index (χ3v) is 6.52. The van der Waals surface area contributed by atoms with Gasteiger partial charge in [-0.15, -0.1) is 11.8 Å². The van der Waals surface area contributed by atoms with Crippen LogP contribution < -0.4 is 10.6 Å². The van der Waals surface area contributed by atoms with Crippen molar-refractivity contribution in [1.29, 1.82) is 0 Å². The molecule has 0 unspecified atom stereocenters. The first-order valence-corrected chi connectivity index (χ1v) is 10.7. The van der Waals surface area contributed by atoms with Gasteiger partial charge in [0.05, 0.1) is 11.4 Å². The van der Waals surface area contributed by atoms with Crippen LogP contribution in [0.5, 0.6) is 0 Å². The highest BCUT2D eigenvalue weighted by molar-refractivity contribution is 8.00. The van der Waals surface area contributed by atoms with Gasteiger partial charge in [0.2, 0.25) is 5.91 Å². The van der Waals surface area contributed by atoms with E-state index in [0.717, 1.165) is 17.7 Å². The zero-order valence-corrected chi connectivity index (χ0v) is 16.2. The molecule has 140 valence electrons. The fraction of sp³-hybridized carbons (Fsp3) is 0.316. The number of benzene rings is 1. The summed E-state index contributed by atoms with van der Waals surface area (Å²) in [6, 6.07) is 7.36. The fourth-order valence-electron chi connectivity index (χ4n) is 3.29. The van der Waals surface area contributed by atoms with Gasteiger partial charge >= 0.3 is 0 Å². The van der Waals surface area contributed by atoms with Crippen LogP contribution in [0.3, 0.4) is 0 Å². The van der Waals surface area contributed by atoms with Gasteiger partial charge in [-0.3, -0.25) is 14.4 Å². The third kappa shape index (κ3) is 4.01. The number of hydrogen-bond donors (Lipinski definition) is 2. The van der Waals surface area contributed by atoms with Crippen LogP contribution in [0.4, 0.5) is 5.69 Å². The lowest BCUT2D eigenvalue weighted by molar-refractivity contribution is -0.113. The van der Waals surface area contributed by atoms with Crippen LogP contribution in [-0.4, -0.2) is 47.5 Å². The van der Waals surface area contributed by atoms with E-state index >= 15 is 0 Å². The van der Waals surface area contributed by atoms with E-state index in [1.165, 1.54) is 23.1 Å². The lowest BCUT2D eigenvalue weighted by Gasteiger charge is -2.32. The van der Waals surface area contributed by atoms with E-state index in [2.05, 4.69) is 10.6 Å². The van der Waals surface area contributed by atoms with E-state index in [-0.39, 0.29) is 23.8 Å². The summed E-state index contributed by atoms with van der Waals surface area (Å²) in [5, 5.41) is 9.59. The smallest absolute Gasteiger partial charge is 0.253 e. The Labute approximate surface area is 165 Å². The maximum Gasteiger partial charge on any atom is 0.253 e. The standard InChI is InChI=1S/C19H19N3O3S2/c23-17-11-27-16-2-1-12(9-15(16)21-17)19(25)22-6-3-14(4-7-22)20-18(24)13-5-8-26-10-13/h1-2,5,8-10,14H,3-4,6-7,11H2,(H,20,24)(H,21,23). The predicted molar refractivity (Wildman–Crippen MR) is 107 cm³/mol. The van der Waals surface area contributed by atoms with Gasteiger partial charge in [0.25, 0.3) is 11.8 Å². The van der Waals surface area contributed by atoms with Gasteiger partial charge in [0, 0.05) is 40.5 Å². The van der Waals surface area contributed by atoms with Crippen LogP contribution in [0, 0.1) is 0 Å². The molecule has 6 nitrogen and oxygen atoms in total. The molecule has 2 aliphatic heterocycles. The van der Waals surface area contributed by atoms with Gasteiger partial charge in [-0.25, -0.2) is 0 Å². The van der Waals surface area contributed by atoms with Gasteiger partial charge in [0.15, 0.2) is 0 Å². The molecule has 2 N–H and O–H groups in total. The lowest BCUT2D eigenvalue weighted by Crippen LogP contribution is -2.46. The second-order valence-electron chi connectivity index (χ2n) is 6.60. The summed E-state index contributed by atoms with van der Waals surface area (Å²) >= 11 is 2.98. The van der Waals surface area contributed by atoms with E-state index < -0.39 is 0 Å². The molecule has 0 atom stereocenters. The number of carbonyl (C=O) groups excluding carboxylic acids is 3. The van der Waals surface area contributed by atoms with Crippen molar-refractivity contribution in [1.82, 2.24) is 10.2 Å². The summed E-state index contributed by atoms with van der Waals surface area (Å²) in [5.41, 5.74) is 1.98. The Balaban J connectivity index is 1.35. The number of hydrogen-bond acceptors (Lipinski definition) is 5. The topological polar surface area (TPSA) is 78.5 Å². The van der Waals surface area contributed by atoms with Crippen molar-refractivity contribution in [3.8, 4) is 0 Å². The first kappa shape index (κ1) is 18.1. The normalized spacial score (nSPS) is 17.2. The third-order valence-electron chi connectivity index (χ3n) is 4.76. The molecule has 0 aliphatic carbocycles.